The molecule has 25 heavy (non-hydrogen) atoms. The van der Waals surface area contributed by atoms with E-state index < -0.39 is 38.6 Å². The Hall–Kier alpha value is -1.15. The van der Waals surface area contributed by atoms with E-state index >= 15 is 0 Å². The van der Waals surface area contributed by atoms with Crippen LogP contribution in [0.1, 0.15) is 31.1 Å². The van der Waals surface area contributed by atoms with Gasteiger partial charge >= 0.3 is 5.97 Å². The number of rotatable bonds is 6. The second-order valence-electron chi connectivity index (χ2n) is 7.91. The fourth-order valence-electron chi connectivity index (χ4n) is 2.36. The SMILES string of the molecule is [2H]O[C@@H]1C(O[Si](C)(C)C(C)(C)C)[C@H]([B])O[C@@H]1COC(=O)c1ccccc1. The minimum atomic E-state index is -2.13. The number of aliphatic hydroxyl groups excluding tert-OH is 1. The summed E-state index contributed by atoms with van der Waals surface area (Å²) < 4.78 is 24.7. The molecule has 0 aromatic heterocycles. The van der Waals surface area contributed by atoms with Gasteiger partial charge in [-0.1, -0.05) is 39.0 Å². The second-order valence-corrected chi connectivity index (χ2v) is 12.7. The number of benzene rings is 1. The Labute approximate surface area is 153 Å². The molecule has 0 spiro atoms. The summed E-state index contributed by atoms with van der Waals surface area (Å²) in [5, 5.41) is 4.84. The summed E-state index contributed by atoms with van der Waals surface area (Å²) in [6, 6.07) is 7.95. The number of esters is 1. The molecule has 1 aromatic rings. The molecule has 1 aromatic carbocycles. The fourth-order valence-corrected chi connectivity index (χ4v) is 3.66. The highest BCUT2D eigenvalue weighted by Crippen LogP contribution is 2.39. The minimum absolute atomic E-state index is 0.0167. The monoisotopic (exact) mass is 363 g/mol. The van der Waals surface area contributed by atoms with Gasteiger partial charge in [-0.3, -0.25) is 0 Å². The van der Waals surface area contributed by atoms with Crippen molar-refractivity contribution in [2.24, 2.45) is 0 Å². The fraction of sp³-hybridized carbons (Fsp3) is 0.611. The van der Waals surface area contributed by atoms with Crippen LogP contribution in [-0.4, -0.2) is 59.6 Å². The van der Waals surface area contributed by atoms with Crippen LogP contribution in [0.2, 0.25) is 18.1 Å². The van der Waals surface area contributed by atoms with E-state index in [0.29, 0.717) is 5.56 Å². The van der Waals surface area contributed by atoms with Crippen LogP contribution in [0.4, 0.5) is 0 Å². The van der Waals surface area contributed by atoms with Crippen molar-refractivity contribution < 1.29 is 23.8 Å². The van der Waals surface area contributed by atoms with Crippen LogP contribution in [0.3, 0.4) is 0 Å². The average Bonchev–Trinajstić information content (AvgIpc) is 2.87. The van der Waals surface area contributed by atoms with E-state index in [1.54, 1.807) is 24.3 Å². The van der Waals surface area contributed by atoms with Gasteiger partial charge in [0.25, 0.3) is 0 Å². The van der Waals surface area contributed by atoms with Gasteiger partial charge < -0.3 is 19.0 Å². The van der Waals surface area contributed by atoms with Crippen molar-refractivity contribution in [3.8, 4) is 0 Å². The molecule has 1 aliphatic heterocycles. The van der Waals surface area contributed by atoms with Gasteiger partial charge in [0.05, 0.1) is 11.7 Å². The predicted molar refractivity (Wildman–Crippen MR) is 99.2 cm³/mol. The van der Waals surface area contributed by atoms with E-state index in [4.69, 9.17) is 28.3 Å². The molecule has 1 saturated heterocycles. The number of hydrogen-bond donors (Lipinski definition) is 1. The van der Waals surface area contributed by atoms with Gasteiger partial charge in [0.2, 0.25) is 1.43 Å². The number of hydrogen-bond acceptors (Lipinski definition) is 5. The first-order valence-corrected chi connectivity index (χ1v) is 11.4. The van der Waals surface area contributed by atoms with Crippen LogP contribution in [0.25, 0.3) is 0 Å². The lowest BCUT2D eigenvalue weighted by atomic mass is 9.93. The highest BCUT2D eigenvalue weighted by Gasteiger charge is 2.48. The predicted octanol–water partition coefficient (Wildman–Crippen LogP) is 2.49. The summed E-state index contributed by atoms with van der Waals surface area (Å²) in [5.41, 5.74) is 0.451. The zero-order valence-electron chi connectivity index (χ0n) is 16.5. The molecule has 1 unspecified atom stereocenters. The second kappa shape index (κ2) is 7.62. The molecule has 1 fully saturated rings. The Morgan fingerprint density at radius 2 is 2.00 bits per heavy atom. The summed E-state index contributed by atoms with van der Waals surface area (Å²) in [6.07, 6.45) is -1.94. The third kappa shape index (κ3) is 4.73. The molecule has 136 valence electrons. The highest BCUT2D eigenvalue weighted by molar-refractivity contribution is 6.74. The molecule has 4 atom stereocenters. The Morgan fingerprint density at radius 3 is 2.56 bits per heavy atom. The molecule has 2 rings (SSSR count). The van der Waals surface area contributed by atoms with Gasteiger partial charge in [0.15, 0.2) is 8.32 Å². The van der Waals surface area contributed by atoms with Gasteiger partial charge in [0, 0.05) is 6.00 Å². The van der Waals surface area contributed by atoms with Crippen LogP contribution in [-0.2, 0) is 13.9 Å². The highest BCUT2D eigenvalue weighted by atomic mass is 28.4. The molecule has 1 N–H and O–H groups in total. The van der Waals surface area contributed by atoms with Gasteiger partial charge in [-0.2, -0.15) is 0 Å². The van der Waals surface area contributed by atoms with Crippen molar-refractivity contribution in [1.82, 2.24) is 0 Å². The maximum Gasteiger partial charge on any atom is 0.338 e. The lowest BCUT2D eigenvalue weighted by molar-refractivity contribution is -0.0226. The van der Waals surface area contributed by atoms with Crippen LogP contribution in [0, 0.1) is 0 Å². The number of aliphatic hydroxyl groups is 1. The van der Waals surface area contributed by atoms with Crippen molar-refractivity contribution >= 4 is 22.1 Å². The Bertz CT molecular complexity index is 607. The molecule has 7 heteroatoms. The maximum absolute atomic E-state index is 12.1. The van der Waals surface area contributed by atoms with Gasteiger partial charge in [0.1, 0.15) is 26.7 Å². The van der Waals surface area contributed by atoms with Gasteiger partial charge in [-0.05, 0) is 30.3 Å². The lowest BCUT2D eigenvalue weighted by Crippen LogP contribution is -2.49. The minimum Gasteiger partial charge on any atom is -0.459 e. The normalized spacial score (nSPS) is 27.8. The van der Waals surface area contributed by atoms with E-state index in [2.05, 4.69) is 33.9 Å². The molecular weight excluding hydrogens is 335 g/mol. The van der Waals surface area contributed by atoms with Crippen molar-refractivity contribution in [1.29, 1.82) is 1.43 Å². The molecule has 0 saturated carbocycles. The summed E-state index contributed by atoms with van der Waals surface area (Å²) >= 11 is 0. The zero-order chi connectivity index (χ0) is 19.5. The van der Waals surface area contributed by atoms with Crippen LogP contribution in [0.5, 0.6) is 0 Å². The smallest absolute Gasteiger partial charge is 0.338 e. The Morgan fingerprint density at radius 1 is 1.36 bits per heavy atom. The zero-order valence-corrected chi connectivity index (χ0v) is 16.5. The quantitative estimate of drug-likeness (QED) is 0.621. The number of carbonyl (C=O) groups is 1. The van der Waals surface area contributed by atoms with E-state index in [1.165, 1.54) is 0 Å². The number of ether oxygens (including phenoxy) is 2. The molecular formula is C18H27BO5Si. The summed E-state index contributed by atoms with van der Waals surface area (Å²) in [7, 11) is 3.95. The van der Waals surface area contributed by atoms with Crippen molar-refractivity contribution in [3.63, 3.8) is 0 Å². The van der Waals surface area contributed by atoms with Crippen molar-refractivity contribution in [3.05, 3.63) is 35.9 Å². The first-order chi connectivity index (χ1) is 12.1. The molecule has 1 aliphatic rings. The Balaban J connectivity index is 2.02. The lowest BCUT2D eigenvalue weighted by Gasteiger charge is -2.39. The first kappa shape index (κ1) is 18.6. The van der Waals surface area contributed by atoms with Crippen LogP contribution in [0.15, 0.2) is 30.3 Å². The molecule has 2 radical (unpaired) electrons. The topological polar surface area (TPSA) is 65.0 Å². The third-order valence-electron chi connectivity index (χ3n) is 4.97. The standard InChI is InChI=1S/C18H27BO5Si/c1-18(2,3)25(4,5)24-15-14(20)13(23-16(15)19)11-22-17(21)12-9-7-6-8-10-12/h6-10,13-16,20H,11H2,1-5H3/t13-,14+,15?,16-/m1/s1/i20D. The van der Waals surface area contributed by atoms with Gasteiger partial charge in [-0.15, -0.1) is 0 Å². The molecule has 5 nitrogen and oxygen atoms in total. The summed E-state index contributed by atoms with van der Waals surface area (Å²) in [6.45, 7) is 10.5. The van der Waals surface area contributed by atoms with E-state index in [1.807, 2.05) is 6.07 Å². The largest absolute Gasteiger partial charge is 0.459 e. The average molecular weight is 363 g/mol. The maximum atomic E-state index is 12.1. The van der Waals surface area contributed by atoms with Gasteiger partial charge in [-0.25, -0.2) is 4.79 Å². The molecule has 1 heterocycles. The summed E-state index contributed by atoms with van der Waals surface area (Å²) in [5.74, 6) is -0.458. The van der Waals surface area contributed by atoms with Crippen LogP contribution >= 0.6 is 0 Å². The Kier molecular flexibility index (Phi) is 5.68. The summed E-state index contributed by atoms with van der Waals surface area (Å²) in [4.78, 5) is 12.1. The van der Waals surface area contributed by atoms with E-state index in [0.717, 1.165) is 0 Å². The number of carbonyl (C=O) groups excluding carboxylic acids is 1. The molecule has 0 aliphatic carbocycles. The molecule has 0 bridgehead atoms. The van der Waals surface area contributed by atoms with Crippen molar-refractivity contribution in [2.45, 2.75) is 63.2 Å². The molecule has 0 amide bonds. The third-order valence-corrected chi connectivity index (χ3v) is 9.44. The van der Waals surface area contributed by atoms with E-state index in [-0.39, 0.29) is 11.6 Å². The van der Waals surface area contributed by atoms with Crippen LogP contribution < -0.4 is 0 Å². The first-order valence-electron chi connectivity index (χ1n) is 8.90. The van der Waals surface area contributed by atoms with Crippen molar-refractivity contribution in [2.75, 3.05) is 6.61 Å². The van der Waals surface area contributed by atoms with E-state index in [9.17, 15) is 4.79 Å².